The Kier molecular flexibility index (Phi) is 3.20. The number of anilines is 1. The molecular formula is C19H25N3. The first kappa shape index (κ1) is 14.1. The first-order chi connectivity index (χ1) is 10.6. The Morgan fingerprint density at radius 1 is 1.23 bits per heavy atom. The lowest BCUT2D eigenvalue weighted by atomic mass is 9.73. The minimum absolute atomic E-state index is 0.0996. The molecule has 1 saturated carbocycles. The van der Waals surface area contributed by atoms with Crippen LogP contribution in [-0.2, 0) is 5.41 Å². The SMILES string of the molecule is C#CC1(c2cc(C)nc(N3CC4CC4C3)c2)CCN(C)CC1. The molecule has 1 aliphatic carbocycles. The summed E-state index contributed by atoms with van der Waals surface area (Å²) in [5.41, 5.74) is 2.31. The number of fused-ring (bicyclic) bond motifs is 1. The van der Waals surface area contributed by atoms with Crippen LogP contribution in [0.15, 0.2) is 12.1 Å². The minimum atomic E-state index is -0.0996. The predicted octanol–water partition coefficient (Wildman–Crippen LogP) is 2.44. The number of piperidine rings is 2. The number of pyridine rings is 1. The van der Waals surface area contributed by atoms with Gasteiger partial charge < -0.3 is 9.80 Å². The van der Waals surface area contributed by atoms with Crippen LogP contribution < -0.4 is 4.90 Å². The van der Waals surface area contributed by atoms with Gasteiger partial charge in [0.2, 0.25) is 0 Å². The summed E-state index contributed by atoms with van der Waals surface area (Å²) in [7, 11) is 2.18. The van der Waals surface area contributed by atoms with Crippen LogP contribution in [0.3, 0.4) is 0 Å². The van der Waals surface area contributed by atoms with Crippen LogP contribution in [0.5, 0.6) is 0 Å². The number of likely N-dealkylation sites (tertiary alicyclic amines) is 1. The smallest absolute Gasteiger partial charge is 0.129 e. The molecule has 1 aromatic heterocycles. The number of terminal acetylenes is 1. The van der Waals surface area contributed by atoms with Crippen LogP contribution in [-0.4, -0.2) is 43.1 Å². The van der Waals surface area contributed by atoms with Crippen LogP contribution in [0.2, 0.25) is 0 Å². The van der Waals surface area contributed by atoms with Gasteiger partial charge in [-0.05, 0) is 75.9 Å². The number of hydrogen-bond acceptors (Lipinski definition) is 3. The van der Waals surface area contributed by atoms with E-state index in [0.29, 0.717) is 0 Å². The molecule has 2 unspecified atom stereocenters. The molecule has 3 nitrogen and oxygen atoms in total. The summed E-state index contributed by atoms with van der Waals surface area (Å²) in [5, 5.41) is 0. The van der Waals surface area contributed by atoms with Gasteiger partial charge in [0.25, 0.3) is 0 Å². The van der Waals surface area contributed by atoms with Gasteiger partial charge in [-0.3, -0.25) is 0 Å². The zero-order valence-electron chi connectivity index (χ0n) is 13.7. The largest absolute Gasteiger partial charge is 0.356 e. The van der Waals surface area contributed by atoms with Crippen LogP contribution >= 0.6 is 0 Å². The average molecular weight is 295 g/mol. The van der Waals surface area contributed by atoms with Crippen molar-refractivity contribution in [2.24, 2.45) is 11.8 Å². The lowest BCUT2D eigenvalue weighted by Gasteiger charge is -2.38. The third kappa shape index (κ3) is 2.30. The average Bonchev–Trinajstić information content (AvgIpc) is 3.14. The molecule has 0 spiro atoms. The summed E-state index contributed by atoms with van der Waals surface area (Å²) in [4.78, 5) is 9.63. The Morgan fingerprint density at radius 2 is 1.91 bits per heavy atom. The molecule has 0 aromatic carbocycles. The maximum Gasteiger partial charge on any atom is 0.129 e. The summed E-state index contributed by atoms with van der Waals surface area (Å²) in [6, 6.07) is 4.49. The number of hydrogen-bond donors (Lipinski definition) is 0. The second-order valence-electron chi connectivity index (χ2n) is 7.55. The van der Waals surface area contributed by atoms with E-state index in [9.17, 15) is 0 Å². The maximum atomic E-state index is 6.00. The van der Waals surface area contributed by atoms with Crippen molar-refractivity contribution in [1.82, 2.24) is 9.88 Å². The van der Waals surface area contributed by atoms with Crippen LogP contribution in [0.1, 0.15) is 30.5 Å². The highest BCUT2D eigenvalue weighted by atomic mass is 15.2. The Labute approximate surface area is 133 Å². The molecule has 3 heteroatoms. The van der Waals surface area contributed by atoms with E-state index < -0.39 is 0 Å². The van der Waals surface area contributed by atoms with Crippen LogP contribution in [0, 0.1) is 31.1 Å². The van der Waals surface area contributed by atoms with Gasteiger partial charge in [-0.25, -0.2) is 4.98 Å². The van der Waals surface area contributed by atoms with Gasteiger partial charge >= 0.3 is 0 Å². The molecule has 0 N–H and O–H groups in total. The van der Waals surface area contributed by atoms with E-state index in [0.717, 1.165) is 49.3 Å². The number of aryl methyl sites for hydroxylation is 1. The molecule has 2 atom stereocenters. The van der Waals surface area contributed by atoms with Crippen molar-refractivity contribution in [3.63, 3.8) is 0 Å². The van der Waals surface area contributed by atoms with Crippen molar-refractivity contribution in [1.29, 1.82) is 0 Å². The van der Waals surface area contributed by atoms with Gasteiger partial charge in [0.1, 0.15) is 5.82 Å². The molecule has 0 bridgehead atoms. The summed E-state index contributed by atoms with van der Waals surface area (Å²) in [5.74, 6) is 6.15. The monoisotopic (exact) mass is 295 g/mol. The zero-order chi connectivity index (χ0) is 15.3. The molecule has 2 aliphatic heterocycles. The molecule has 116 valence electrons. The van der Waals surface area contributed by atoms with Crippen molar-refractivity contribution in [2.45, 2.75) is 31.6 Å². The van der Waals surface area contributed by atoms with E-state index in [1.165, 1.54) is 25.1 Å². The summed E-state index contributed by atoms with van der Waals surface area (Å²) in [6.07, 6.45) is 9.52. The van der Waals surface area contributed by atoms with E-state index in [4.69, 9.17) is 11.4 Å². The molecule has 22 heavy (non-hydrogen) atoms. The highest BCUT2D eigenvalue weighted by molar-refractivity contribution is 5.49. The fraction of sp³-hybridized carbons (Fsp3) is 0.632. The predicted molar refractivity (Wildman–Crippen MR) is 90.0 cm³/mol. The molecule has 3 heterocycles. The van der Waals surface area contributed by atoms with Crippen molar-refractivity contribution in [2.75, 3.05) is 38.1 Å². The first-order valence-corrected chi connectivity index (χ1v) is 8.50. The minimum Gasteiger partial charge on any atom is -0.356 e. The third-order valence-corrected chi connectivity index (χ3v) is 5.91. The Balaban J connectivity index is 1.66. The van der Waals surface area contributed by atoms with Crippen molar-refractivity contribution < 1.29 is 0 Å². The lowest BCUT2D eigenvalue weighted by molar-refractivity contribution is 0.223. The van der Waals surface area contributed by atoms with E-state index in [2.05, 4.69) is 41.8 Å². The summed E-state index contributed by atoms with van der Waals surface area (Å²) < 4.78 is 0. The second kappa shape index (κ2) is 4.99. The summed E-state index contributed by atoms with van der Waals surface area (Å²) >= 11 is 0. The quantitative estimate of drug-likeness (QED) is 0.781. The van der Waals surface area contributed by atoms with E-state index in [-0.39, 0.29) is 5.41 Å². The Bertz CT molecular complexity index is 612. The van der Waals surface area contributed by atoms with Crippen molar-refractivity contribution in [3.05, 3.63) is 23.4 Å². The Hall–Kier alpha value is -1.53. The molecule has 2 saturated heterocycles. The van der Waals surface area contributed by atoms with Crippen LogP contribution in [0.25, 0.3) is 0 Å². The van der Waals surface area contributed by atoms with Crippen molar-refractivity contribution in [3.8, 4) is 12.3 Å². The van der Waals surface area contributed by atoms with Gasteiger partial charge in [0, 0.05) is 18.8 Å². The second-order valence-corrected chi connectivity index (χ2v) is 7.55. The topological polar surface area (TPSA) is 19.4 Å². The molecule has 3 fully saturated rings. The van der Waals surface area contributed by atoms with Gasteiger partial charge in [-0.2, -0.15) is 0 Å². The molecule has 4 rings (SSSR count). The van der Waals surface area contributed by atoms with E-state index in [1.54, 1.807) is 0 Å². The summed E-state index contributed by atoms with van der Waals surface area (Å²) in [6.45, 7) is 6.63. The van der Waals surface area contributed by atoms with E-state index in [1.807, 2.05) is 0 Å². The molecule has 0 radical (unpaired) electrons. The maximum absolute atomic E-state index is 6.00. The van der Waals surface area contributed by atoms with Gasteiger partial charge in [-0.1, -0.05) is 5.92 Å². The first-order valence-electron chi connectivity index (χ1n) is 8.50. The molecule has 3 aliphatic rings. The third-order valence-electron chi connectivity index (χ3n) is 5.91. The molecule has 0 amide bonds. The Morgan fingerprint density at radius 3 is 2.55 bits per heavy atom. The zero-order valence-corrected chi connectivity index (χ0v) is 13.7. The van der Waals surface area contributed by atoms with Crippen molar-refractivity contribution >= 4 is 5.82 Å². The highest BCUT2D eigenvalue weighted by Gasteiger charge is 2.45. The molecular weight excluding hydrogens is 270 g/mol. The fourth-order valence-electron chi connectivity index (χ4n) is 4.19. The van der Waals surface area contributed by atoms with Gasteiger partial charge in [0.05, 0.1) is 5.41 Å². The lowest BCUT2D eigenvalue weighted by Crippen LogP contribution is -2.40. The standard InChI is InChI=1S/C19H25N3/c1-4-19(5-7-21(3)8-6-19)17-9-14(2)20-18(11-17)22-12-15-10-16(15)13-22/h1,9,11,15-16H,5-8,10,12-13H2,2-3H3. The normalized spacial score (nSPS) is 30.0. The molecule has 1 aromatic rings. The van der Waals surface area contributed by atoms with Gasteiger partial charge in [-0.15, -0.1) is 6.42 Å². The van der Waals surface area contributed by atoms with Crippen LogP contribution in [0.4, 0.5) is 5.82 Å². The number of nitrogens with zero attached hydrogens (tertiary/aromatic N) is 3. The van der Waals surface area contributed by atoms with Gasteiger partial charge in [0.15, 0.2) is 0 Å². The van der Waals surface area contributed by atoms with E-state index >= 15 is 0 Å². The number of rotatable bonds is 2. The number of aromatic nitrogens is 1. The highest BCUT2D eigenvalue weighted by Crippen LogP contribution is 2.46. The fourth-order valence-corrected chi connectivity index (χ4v) is 4.19.